The van der Waals surface area contributed by atoms with Crippen LogP contribution in [0.3, 0.4) is 0 Å². The standard InChI is InChI=1S/C24H22N4O3S.C21H18N4O3S/c1-24(2)14-31-21-5-4-15(10-18(21)24)17-11-16(12-19-23(17)27-9-8-26-19)28-20-13-25-7-6-22(20)32(3,29)30;1-28-16-5-3-4-14(10-16)17-11-15(12-18-21(17)24-9-8-23-18)25-19-13-22-7-6-20(19)29(2,26)27/h4-13,28H,14H2,1-3H3;3-13,25H,1-2H3. The predicted octanol–water partition coefficient (Wildman–Crippen LogP) is 8.36. The Kier molecular flexibility index (Phi) is 10.8. The number of fused-ring (bicyclic) bond motifs is 3. The van der Waals surface area contributed by atoms with Crippen molar-refractivity contribution in [3.05, 3.63) is 134 Å². The van der Waals surface area contributed by atoms with Crippen LogP contribution in [0.15, 0.2) is 138 Å². The van der Waals surface area contributed by atoms with Crippen LogP contribution in [0, 0.1) is 0 Å². The van der Waals surface area contributed by atoms with Crippen molar-refractivity contribution in [2.45, 2.75) is 29.1 Å². The minimum absolute atomic E-state index is 0.0806. The van der Waals surface area contributed by atoms with Crippen molar-refractivity contribution in [2.24, 2.45) is 0 Å². The highest BCUT2D eigenvalue weighted by molar-refractivity contribution is 7.91. The van der Waals surface area contributed by atoms with Crippen LogP contribution >= 0.6 is 0 Å². The minimum atomic E-state index is -3.42. The first-order valence-electron chi connectivity index (χ1n) is 18.9. The molecule has 8 aromatic rings. The summed E-state index contributed by atoms with van der Waals surface area (Å²) in [4.78, 5) is 26.4. The van der Waals surface area contributed by atoms with Gasteiger partial charge >= 0.3 is 0 Å². The van der Waals surface area contributed by atoms with Crippen molar-refractivity contribution >= 4 is 64.5 Å². The molecular formula is C45H40N8O6S2. The summed E-state index contributed by atoms with van der Waals surface area (Å²) in [5.41, 5.74) is 9.78. The summed E-state index contributed by atoms with van der Waals surface area (Å²) in [6.45, 7) is 4.96. The molecule has 16 heteroatoms. The number of methoxy groups -OCH3 is 1. The summed E-state index contributed by atoms with van der Waals surface area (Å²) in [7, 11) is -5.22. The molecule has 0 aliphatic carbocycles. The zero-order valence-corrected chi connectivity index (χ0v) is 35.4. The van der Waals surface area contributed by atoms with E-state index in [2.05, 4.69) is 60.5 Å². The number of rotatable bonds is 9. The third-order valence-corrected chi connectivity index (χ3v) is 12.4. The van der Waals surface area contributed by atoms with E-state index < -0.39 is 19.7 Å². The number of anilines is 4. The molecule has 9 rings (SSSR count). The highest BCUT2D eigenvalue weighted by atomic mass is 32.2. The zero-order chi connectivity index (χ0) is 42.9. The van der Waals surface area contributed by atoms with Gasteiger partial charge < -0.3 is 20.1 Å². The molecule has 0 unspecified atom stereocenters. The average Bonchev–Trinajstić information content (AvgIpc) is 3.56. The van der Waals surface area contributed by atoms with Gasteiger partial charge in [-0.25, -0.2) is 16.8 Å². The number of hydrogen-bond acceptors (Lipinski definition) is 14. The second kappa shape index (κ2) is 16.2. The van der Waals surface area contributed by atoms with E-state index in [9.17, 15) is 16.8 Å². The van der Waals surface area contributed by atoms with Crippen molar-refractivity contribution in [1.82, 2.24) is 29.9 Å². The van der Waals surface area contributed by atoms with Gasteiger partial charge in [0.05, 0.1) is 69.3 Å². The average molecular weight is 853 g/mol. The van der Waals surface area contributed by atoms with Gasteiger partial charge in [0.2, 0.25) is 0 Å². The summed E-state index contributed by atoms with van der Waals surface area (Å²) in [5.74, 6) is 1.63. The maximum absolute atomic E-state index is 12.2. The Morgan fingerprint density at radius 3 is 1.67 bits per heavy atom. The first-order chi connectivity index (χ1) is 29.2. The molecule has 0 amide bonds. The summed E-state index contributed by atoms with van der Waals surface area (Å²) in [6.07, 6.45) is 14.8. The summed E-state index contributed by atoms with van der Waals surface area (Å²) in [6, 6.07) is 24.3. The summed E-state index contributed by atoms with van der Waals surface area (Å²) < 4.78 is 59.8. The fraction of sp³-hybridized carbons (Fsp3) is 0.156. The Bertz CT molecular complexity index is 3200. The zero-order valence-electron chi connectivity index (χ0n) is 33.8. The maximum atomic E-state index is 12.2. The molecule has 4 aromatic carbocycles. The van der Waals surface area contributed by atoms with Crippen LogP contribution in [-0.2, 0) is 25.1 Å². The van der Waals surface area contributed by atoms with E-state index in [1.54, 1.807) is 31.9 Å². The topological polar surface area (TPSA) is 188 Å². The largest absolute Gasteiger partial charge is 0.497 e. The van der Waals surface area contributed by atoms with Crippen LogP contribution in [0.2, 0.25) is 0 Å². The Morgan fingerprint density at radius 1 is 0.623 bits per heavy atom. The molecule has 0 fully saturated rings. The fourth-order valence-electron chi connectivity index (χ4n) is 7.12. The monoisotopic (exact) mass is 852 g/mol. The van der Waals surface area contributed by atoms with E-state index in [0.29, 0.717) is 40.4 Å². The molecule has 0 saturated carbocycles. The highest BCUT2D eigenvalue weighted by Crippen LogP contribution is 2.42. The quantitative estimate of drug-likeness (QED) is 0.141. The van der Waals surface area contributed by atoms with Gasteiger partial charge in [-0.2, -0.15) is 0 Å². The number of nitrogens with one attached hydrogen (secondary N) is 2. The van der Waals surface area contributed by atoms with Gasteiger partial charge in [-0.3, -0.25) is 29.9 Å². The summed E-state index contributed by atoms with van der Waals surface area (Å²) in [5, 5.41) is 6.39. The van der Waals surface area contributed by atoms with E-state index in [1.165, 1.54) is 49.4 Å². The van der Waals surface area contributed by atoms with Gasteiger partial charge in [0.1, 0.15) is 11.5 Å². The van der Waals surface area contributed by atoms with Crippen molar-refractivity contribution in [2.75, 3.05) is 36.9 Å². The van der Waals surface area contributed by atoms with E-state index in [0.717, 1.165) is 50.3 Å². The molecule has 0 spiro atoms. The van der Waals surface area contributed by atoms with Crippen LogP contribution in [0.1, 0.15) is 19.4 Å². The smallest absolute Gasteiger partial charge is 0.177 e. The normalized spacial score (nSPS) is 13.1. The Balaban J connectivity index is 0.000000169. The van der Waals surface area contributed by atoms with Gasteiger partial charge in [0, 0.05) is 83.2 Å². The van der Waals surface area contributed by atoms with Crippen LogP contribution in [0.4, 0.5) is 22.7 Å². The molecule has 0 bridgehead atoms. The molecule has 2 N–H and O–H groups in total. The van der Waals surface area contributed by atoms with E-state index in [1.807, 2.05) is 60.7 Å². The molecule has 61 heavy (non-hydrogen) atoms. The van der Waals surface area contributed by atoms with Gasteiger partial charge in [-0.1, -0.05) is 32.0 Å². The van der Waals surface area contributed by atoms with Crippen LogP contribution in [-0.4, -0.2) is 73.0 Å². The van der Waals surface area contributed by atoms with E-state index in [4.69, 9.17) is 9.47 Å². The lowest BCUT2D eigenvalue weighted by atomic mass is 9.85. The van der Waals surface area contributed by atoms with Crippen molar-refractivity contribution in [3.8, 4) is 33.8 Å². The lowest BCUT2D eigenvalue weighted by Gasteiger charge is -2.17. The molecular weight excluding hydrogens is 813 g/mol. The summed E-state index contributed by atoms with van der Waals surface area (Å²) >= 11 is 0. The molecule has 14 nitrogen and oxygen atoms in total. The second-order valence-electron chi connectivity index (χ2n) is 15.0. The van der Waals surface area contributed by atoms with Crippen LogP contribution < -0.4 is 20.1 Å². The number of ether oxygens (including phenoxy) is 2. The van der Waals surface area contributed by atoms with Gasteiger partial charge in [-0.15, -0.1) is 0 Å². The minimum Gasteiger partial charge on any atom is -0.497 e. The lowest BCUT2D eigenvalue weighted by Crippen LogP contribution is -2.18. The Morgan fingerprint density at radius 2 is 1.15 bits per heavy atom. The molecule has 1 aliphatic rings. The van der Waals surface area contributed by atoms with Gasteiger partial charge in [0.25, 0.3) is 0 Å². The lowest BCUT2D eigenvalue weighted by molar-refractivity contribution is 0.291. The molecule has 0 radical (unpaired) electrons. The fourth-order valence-corrected chi connectivity index (χ4v) is 8.74. The Labute approximate surface area is 353 Å². The van der Waals surface area contributed by atoms with Crippen LogP contribution in [0.25, 0.3) is 44.3 Å². The molecule has 0 atom stereocenters. The second-order valence-corrected chi connectivity index (χ2v) is 19.0. The van der Waals surface area contributed by atoms with Crippen molar-refractivity contribution in [1.29, 1.82) is 0 Å². The number of hydrogen-bond donors (Lipinski definition) is 2. The van der Waals surface area contributed by atoms with Crippen molar-refractivity contribution < 1.29 is 26.3 Å². The molecule has 5 heterocycles. The number of pyridine rings is 2. The molecule has 0 saturated heterocycles. The highest BCUT2D eigenvalue weighted by Gasteiger charge is 2.32. The number of benzene rings is 4. The third-order valence-electron chi connectivity index (χ3n) is 10.1. The van der Waals surface area contributed by atoms with Crippen LogP contribution in [0.5, 0.6) is 11.5 Å². The SMILES string of the molecule is CC1(C)COc2ccc(-c3cc(Nc4cnccc4S(C)(=O)=O)cc4nccnc34)cc21.COc1cccc(-c2cc(Nc3cnccc3S(C)(=O)=O)cc3nccnc23)c1. The number of aromatic nitrogens is 6. The van der Waals surface area contributed by atoms with E-state index >= 15 is 0 Å². The predicted molar refractivity (Wildman–Crippen MR) is 236 cm³/mol. The van der Waals surface area contributed by atoms with Crippen molar-refractivity contribution in [3.63, 3.8) is 0 Å². The maximum Gasteiger partial charge on any atom is 0.177 e. The third kappa shape index (κ3) is 8.67. The van der Waals surface area contributed by atoms with Gasteiger partial charge in [0.15, 0.2) is 19.7 Å². The number of nitrogens with zero attached hydrogens (tertiary/aromatic N) is 6. The first-order valence-corrected chi connectivity index (χ1v) is 22.7. The molecule has 308 valence electrons. The Hall–Kier alpha value is -7.04. The number of sulfone groups is 2. The molecule has 4 aromatic heterocycles. The van der Waals surface area contributed by atoms with Gasteiger partial charge in [-0.05, 0) is 71.8 Å². The molecule has 1 aliphatic heterocycles. The van der Waals surface area contributed by atoms with E-state index in [-0.39, 0.29) is 15.2 Å². The first kappa shape index (κ1) is 40.7.